The molecular formula is C18H24N4O8. The maximum absolute atomic E-state index is 12.1. The third kappa shape index (κ3) is 6.01. The van der Waals surface area contributed by atoms with Gasteiger partial charge in [0.2, 0.25) is 5.91 Å². The fourth-order valence-corrected chi connectivity index (χ4v) is 2.72. The molecule has 30 heavy (non-hydrogen) atoms. The number of nitrogens with two attached hydrogens (primary N) is 1. The minimum Gasteiger partial charge on any atom is -0.469 e. The van der Waals surface area contributed by atoms with Crippen LogP contribution in [0.25, 0.3) is 0 Å². The van der Waals surface area contributed by atoms with Crippen molar-refractivity contribution < 1.29 is 34.5 Å². The quantitative estimate of drug-likeness (QED) is 0.172. The molecule has 5 N–H and O–H groups in total. The lowest BCUT2D eigenvalue weighted by Gasteiger charge is -2.15. The van der Waals surface area contributed by atoms with Crippen LogP contribution >= 0.6 is 0 Å². The van der Waals surface area contributed by atoms with Crippen molar-refractivity contribution in [2.75, 3.05) is 26.0 Å². The first-order valence-electron chi connectivity index (χ1n) is 9.14. The Morgan fingerprint density at radius 1 is 1.47 bits per heavy atom. The molecule has 1 aromatic heterocycles. The third-order valence-electron chi connectivity index (χ3n) is 4.41. The van der Waals surface area contributed by atoms with Crippen molar-refractivity contribution in [2.24, 2.45) is 0 Å². The van der Waals surface area contributed by atoms with E-state index in [9.17, 15) is 24.7 Å². The number of aliphatic hydroxyl groups is 2. The molecule has 0 radical (unpaired) electrons. The monoisotopic (exact) mass is 424 g/mol. The van der Waals surface area contributed by atoms with Crippen LogP contribution in [-0.2, 0) is 19.1 Å². The molecule has 1 aromatic rings. The van der Waals surface area contributed by atoms with E-state index in [0.717, 1.165) is 4.57 Å². The Hall–Kier alpha value is -2.98. The van der Waals surface area contributed by atoms with Crippen LogP contribution in [0.1, 0.15) is 37.5 Å². The molecule has 12 heteroatoms. The lowest BCUT2D eigenvalue weighted by Crippen LogP contribution is -2.29. The highest BCUT2D eigenvalue weighted by Gasteiger charge is 2.35. The van der Waals surface area contributed by atoms with Gasteiger partial charge in [0, 0.05) is 25.5 Å². The Balaban J connectivity index is 1.99. The highest BCUT2D eigenvalue weighted by Crippen LogP contribution is 2.27. The smallest absolute Gasteiger partial charge is 0.351 e. The van der Waals surface area contributed by atoms with E-state index in [0.29, 0.717) is 5.06 Å². The number of hydrogen-bond acceptors (Lipinski definition) is 10. The summed E-state index contributed by atoms with van der Waals surface area (Å²) in [6.07, 6.45) is -1.36. The molecule has 0 aromatic carbocycles. The zero-order valence-electron chi connectivity index (χ0n) is 16.4. The minimum atomic E-state index is -0.925. The number of hydroxylamine groups is 2. The predicted octanol–water partition coefficient (Wildman–Crippen LogP) is -1.62. The summed E-state index contributed by atoms with van der Waals surface area (Å²) in [5.41, 5.74) is 5.26. The molecule has 1 aliphatic rings. The number of carbonyl (C=O) groups excluding carboxylic acids is 2. The second-order valence-electron chi connectivity index (χ2n) is 6.49. The van der Waals surface area contributed by atoms with Gasteiger partial charge in [-0.1, -0.05) is 11.8 Å². The lowest BCUT2D eigenvalue weighted by atomic mass is 10.2. The number of carbonyl (C=O) groups is 2. The first kappa shape index (κ1) is 23.3. The van der Waals surface area contributed by atoms with Crippen LogP contribution in [0.15, 0.2) is 11.0 Å². The number of ether oxygens (including phenoxy) is 2. The fraction of sp³-hybridized carbons (Fsp3) is 0.556. The van der Waals surface area contributed by atoms with Crippen molar-refractivity contribution in [3.8, 4) is 11.8 Å². The van der Waals surface area contributed by atoms with Gasteiger partial charge in [-0.3, -0.25) is 19.4 Å². The Morgan fingerprint density at radius 2 is 2.20 bits per heavy atom. The molecule has 3 atom stereocenters. The molecule has 164 valence electrons. The number of anilines is 1. The van der Waals surface area contributed by atoms with Crippen LogP contribution in [-0.4, -0.2) is 74.4 Å². The van der Waals surface area contributed by atoms with Crippen LogP contribution in [0.2, 0.25) is 0 Å². The highest BCUT2D eigenvalue weighted by molar-refractivity contribution is 5.80. The summed E-state index contributed by atoms with van der Waals surface area (Å²) in [6.45, 7) is -0.492. The van der Waals surface area contributed by atoms with E-state index >= 15 is 0 Å². The van der Waals surface area contributed by atoms with E-state index in [1.807, 2.05) is 0 Å². The van der Waals surface area contributed by atoms with Crippen LogP contribution in [0.4, 0.5) is 5.82 Å². The van der Waals surface area contributed by atoms with Gasteiger partial charge in [0.15, 0.2) is 0 Å². The van der Waals surface area contributed by atoms with Crippen molar-refractivity contribution in [3.05, 3.63) is 22.2 Å². The van der Waals surface area contributed by atoms with Crippen molar-refractivity contribution in [1.82, 2.24) is 14.6 Å². The predicted molar refractivity (Wildman–Crippen MR) is 101 cm³/mol. The molecule has 1 fully saturated rings. The van der Waals surface area contributed by atoms with E-state index in [1.165, 1.54) is 13.3 Å². The number of nitrogen functional groups attached to an aromatic ring is 1. The van der Waals surface area contributed by atoms with Crippen LogP contribution in [0, 0.1) is 11.8 Å². The van der Waals surface area contributed by atoms with Gasteiger partial charge in [0.05, 0.1) is 38.3 Å². The SMILES string of the molecule is COC(=O)CCC(=O)N(O)CCC#Cc1cn([C@H]2C[C@H](O)[C@@H](CO)O2)c(=O)nc1N. The van der Waals surface area contributed by atoms with Gasteiger partial charge >= 0.3 is 11.7 Å². The summed E-state index contributed by atoms with van der Waals surface area (Å²) in [5, 5.41) is 29.1. The number of rotatable bonds is 7. The van der Waals surface area contributed by atoms with E-state index in [-0.39, 0.29) is 43.6 Å². The number of esters is 1. The van der Waals surface area contributed by atoms with Gasteiger partial charge in [0.25, 0.3) is 0 Å². The first-order chi connectivity index (χ1) is 14.3. The van der Waals surface area contributed by atoms with Gasteiger partial charge < -0.3 is 25.4 Å². The summed E-state index contributed by atoms with van der Waals surface area (Å²) in [7, 11) is 1.20. The van der Waals surface area contributed by atoms with Crippen molar-refractivity contribution in [1.29, 1.82) is 0 Å². The van der Waals surface area contributed by atoms with Gasteiger partial charge in [-0.15, -0.1) is 0 Å². The number of hydrogen-bond donors (Lipinski definition) is 4. The highest BCUT2D eigenvalue weighted by atomic mass is 16.5. The molecule has 0 aliphatic carbocycles. The summed E-state index contributed by atoms with van der Waals surface area (Å²) in [6, 6.07) is 0. The van der Waals surface area contributed by atoms with Gasteiger partial charge in [-0.2, -0.15) is 4.98 Å². The zero-order chi connectivity index (χ0) is 22.3. The molecule has 2 rings (SSSR count). The summed E-state index contributed by atoms with van der Waals surface area (Å²) in [5.74, 6) is 4.11. The van der Waals surface area contributed by atoms with Crippen LogP contribution < -0.4 is 11.4 Å². The Bertz CT molecular complexity index is 890. The number of nitrogens with zero attached hydrogens (tertiary/aromatic N) is 3. The summed E-state index contributed by atoms with van der Waals surface area (Å²) < 4.78 is 11.0. The van der Waals surface area contributed by atoms with Gasteiger partial charge in [-0.05, 0) is 0 Å². The Morgan fingerprint density at radius 3 is 2.83 bits per heavy atom. The Kier molecular flexibility index (Phi) is 8.31. The Labute approximate surface area is 171 Å². The molecule has 0 unspecified atom stereocenters. The normalized spacial score (nSPS) is 20.3. The first-order valence-corrected chi connectivity index (χ1v) is 9.14. The van der Waals surface area contributed by atoms with E-state index in [2.05, 4.69) is 21.6 Å². The zero-order valence-corrected chi connectivity index (χ0v) is 16.4. The van der Waals surface area contributed by atoms with Crippen molar-refractivity contribution >= 4 is 17.7 Å². The summed E-state index contributed by atoms with van der Waals surface area (Å²) in [4.78, 5) is 38.5. The number of aliphatic hydroxyl groups excluding tert-OH is 2. The molecule has 1 aliphatic heterocycles. The van der Waals surface area contributed by atoms with Crippen LogP contribution in [0.3, 0.4) is 0 Å². The van der Waals surface area contributed by atoms with Crippen molar-refractivity contribution in [2.45, 2.75) is 44.1 Å². The van der Waals surface area contributed by atoms with Crippen LogP contribution in [0.5, 0.6) is 0 Å². The maximum atomic E-state index is 12.1. The summed E-state index contributed by atoms with van der Waals surface area (Å²) >= 11 is 0. The molecule has 0 saturated carbocycles. The largest absolute Gasteiger partial charge is 0.469 e. The average molecular weight is 424 g/mol. The van der Waals surface area contributed by atoms with E-state index in [4.69, 9.17) is 15.6 Å². The minimum absolute atomic E-state index is 0.0876. The fourth-order valence-electron chi connectivity index (χ4n) is 2.72. The average Bonchev–Trinajstić information content (AvgIpc) is 3.10. The van der Waals surface area contributed by atoms with Crippen molar-refractivity contribution in [3.63, 3.8) is 0 Å². The third-order valence-corrected chi connectivity index (χ3v) is 4.41. The maximum Gasteiger partial charge on any atom is 0.351 e. The second-order valence-corrected chi connectivity index (χ2v) is 6.49. The molecule has 0 spiro atoms. The lowest BCUT2D eigenvalue weighted by molar-refractivity contribution is -0.166. The molecule has 1 saturated heterocycles. The molecule has 1 amide bonds. The van der Waals surface area contributed by atoms with Gasteiger partial charge in [0.1, 0.15) is 18.1 Å². The standard InChI is InChI=1S/C18H24N4O8/c1-29-16(26)6-5-14(25)22(28)7-3-2-4-11-9-21(18(27)20-17(11)19)15-8-12(24)13(10-23)30-15/h9,12-13,15,23-24,28H,3,5-8,10H2,1H3,(H2,19,20,27)/t12-,13+,15+/m0/s1. The van der Waals surface area contributed by atoms with Gasteiger partial charge in [-0.25, -0.2) is 9.86 Å². The number of amides is 1. The molecule has 0 bridgehead atoms. The molecule has 12 nitrogen and oxygen atoms in total. The topological polar surface area (TPSA) is 177 Å². The van der Waals surface area contributed by atoms with E-state index < -0.39 is 42.6 Å². The number of aromatic nitrogens is 2. The molecule has 2 heterocycles. The molecular weight excluding hydrogens is 400 g/mol. The second kappa shape index (κ2) is 10.7. The number of methoxy groups -OCH3 is 1. The van der Waals surface area contributed by atoms with E-state index in [1.54, 1.807) is 0 Å².